The minimum atomic E-state index is 0.314. The molecule has 0 unspecified atom stereocenters. The largest absolute Gasteiger partial charge is 0.345 e. The van der Waals surface area contributed by atoms with Crippen molar-refractivity contribution >= 4 is 32.6 Å². The highest BCUT2D eigenvalue weighted by Gasteiger charge is 2.31. The molecule has 1 aromatic heterocycles. The molecule has 2 heterocycles. The molecular weight excluding hydrogens is 306 g/mol. The van der Waals surface area contributed by atoms with Crippen molar-refractivity contribution in [1.29, 1.82) is 0 Å². The molecule has 122 valence electrons. The lowest BCUT2D eigenvalue weighted by molar-refractivity contribution is -0.138. The first-order valence-corrected chi connectivity index (χ1v) is 9.35. The molecule has 1 aliphatic heterocycles. The van der Waals surface area contributed by atoms with E-state index in [1.54, 1.807) is 11.3 Å². The molecule has 2 fully saturated rings. The number of carbonyl (C=O) groups excluding carboxylic acids is 1. The van der Waals surface area contributed by atoms with E-state index in [1.165, 1.54) is 22.2 Å². The van der Waals surface area contributed by atoms with E-state index in [1.807, 2.05) is 0 Å². The molecule has 1 aromatic carbocycles. The van der Waals surface area contributed by atoms with E-state index in [2.05, 4.69) is 35.8 Å². The molecule has 0 N–H and O–H groups in total. The van der Waals surface area contributed by atoms with Gasteiger partial charge in [0.25, 0.3) is 0 Å². The SMILES string of the molecule is Cc1cc(C)c2sc(N3CCN(C(=O)C4CCC4)CC3)nc2c1. The van der Waals surface area contributed by atoms with Gasteiger partial charge in [-0.25, -0.2) is 4.98 Å². The minimum Gasteiger partial charge on any atom is -0.345 e. The van der Waals surface area contributed by atoms with Gasteiger partial charge in [-0.3, -0.25) is 4.79 Å². The first kappa shape index (κ1) is 14.9. The van der Waals surface area contributed by atoms with Crippen molar-refractivity contribution in [1.82, 2.24) is 9.88 Å². The van der Waals surface area contributed by atoms with Gasteiger partial charge >= 0.3 is 0 Å². The molecule has 0 radical (unpaired) electrons. The second-order valence-electron chi connectivity index (χ2n) is 6.87. The molecule has 2 aliphatic rings. The Bertz CT molecular complexity index is 742. The molecule has 0 spiro atoms. The number of benzene rings is 1. The van der Waals surface area contributed by atoms with Crippen LogP contribution in [0.4, 0.5) is 5.13 Å². The van der Waals surface area contributed by atoms with Crippen molar-refractivity contribution in [2.45, 2.75) is 33.1 Å². The van der Waals surface area contributed by atoms with Gasteiger partial charge < -0.3 is 9.80 Å². The van der Waals surface area contributed by atoms with Crippen molar-refractivity contribution in [3.8, 4) is 0 Å². The third-order valence-electron chi connectivity index (χ3n) is 5.13. The number of rotatable bonds is 2. The average molecular weight is 329 g/mol. The molecule has 0 atom stereocenters. The fourth-order valence-corrected chi connectivity index (χ4v) is 4.60. The van der Waals surface area contributed by atoms with Crippen LogP contribution >= 0.6 is 11.3 Å². The van der Waals surface area contributed by atoms with Crippen LogP contribution in [-0.2, 0) is 4.79 Å². The number of anilines is 1. The van der Waals surface area contributed by atoms with E-state index in [0.717, 1.165) is 49.7 Å². The molecule has 4 nitrogen and oxygen atoms in total. The Labute approximate surface area is 141 Å². The number of fused-ring (bicyclic) bond motifs is 1. The summed E-state index contributed by atoms with van der Waals surface area (Å²) in [7, 11) is 0. The molecule has 5 heteroatoms. The van der Waals surface area contributed by atoms with Gasteiger partial charge in [-0.2, -0.15) is 0 Å². The summed E-state index contributed by atoms with van der Waals surface area (Å²) in [5.74, 6) is 0.696. The van der Waals surface area contributed by atoms with Crippen molar-refractivity contribution in [3.63, 3.8) is 0 Å². The standard InChI is InChI=1S/C18H23N3OS/c1-12-10-13(2)16-15(11-12)19-18(23-16)21-8-6-20(7-9-21)17(22)14-4-3-5-14/h10-11,14H,3-9H2,1-2H3. The summed E-state index contributed by atoms with van der Waals surface area (Å²) in [6, 6.07) is 4.39. The van der Waals surface area contributed by atoms with Gasteiger partial charge in [0, 0.05) is 32.1 Å². The molecule has 1 saturated heterocycles. The molecule has 1 saturated carbocycles. The zero-order valence-corrected chi connectivity index (χ0v) is 14.7. The predicted molar refractivity (Wildman–Crippen MR) is 95.2 cm³/mol. The number of nitrogens with zero attached hydrogens (tertiary/aromatic N) is 3. The second-order valence-corrected chi connectivity index (χ2v) is 7.84. The second kappa shape index (κ2) is 5.78. The van der Waals surface area contributed by atoms with E-state index >= 15 is 0 Å². The predicted octanol–water partition coefficient (Wildman–Crippen LogP) is 3.36. The van der Waals surface area contributed by atoms with Gasteiger partial charge in [0.15, 0.2) is 5.13 Å². The monoisotopic (exact) mass is 329 g/mol. The van der Waals surface area contributed by atoms with Crippen molar-refractivity contribution < 1.29 is 4.79 Å². The van der Waals surface area contributed by atoms with Gasteiger partial charge in [-0.1, -0.05) is 23.8 Å². The van der Waals surface area contributed by atoms with E-state index in [4.69, 9.17) is 4.98 Å². The highest BCUT2D eigenvalue weighted by Crippen LogP contribution is 2.33. The van der Waals surface area contributed by atoms with Crippen LogP contribution in [0, 0.1) is 19.8 Å². The zero-order chi connectivity index (χ0) is 16.0. The molecule has 2 aromatic rings. The Balaban J connectivity index is 1.48. The lowest BCUT2D eigenvalue weighted by atomic mass is 9.84. The van der Waals surface area contributed by atoms with Crippen molar-refractivity contribution in [3.05, 3.63) is 23.3 Å². The third-order valence-corrected chi connectivity index (χ3v) is 6.39. The fraction of sp³-hybridized carbons (Fsp3) is 0.556. The molecular formula is C18H23N3OS. The van der Waals surface area contributed by atoms with Crippen LogP contribution in [0.25, 0.3) is 10.2 Å². The number of piperazine rings is 1. The third kappa shape index (κ3) is 2.71. The van der Waals surface area contributed by atoms with Crippen LogP contribution in [0.5, 0.6) is 0 Å². The van der Waals surface area contributed by atoms with Crippen LogP contribution in [0.2, 0.25) is 0 Å². The number of hydrogen-bond donors (Lipinski definition) is 0. The average Bonchev–Trinajstić information content (AvgIpc) is 2.90. The Morgan fingerprint density at radius 2 is 1.91 bits per heavy atom. The Morgan fingerprint density at radius 1 is 1.17 bits per heavy atom. The maximum absolute atomic E-state index is 12.3. The van der Waals surface area contributed by atoms with E-state index in [-0.39, 0.29) is 0 Å². The van der Waals surface area contributed by atoms with Crippen LogP contribution < -0.4 is 4.90 Å². The van der Waals surface area contributed by atoms with Gasteiger partial charge in [0.1, 0.15) is 0 Å². The smallest absolute Gasteiger partial charge is 0.225 e. The topological polar surface area (TPSA) is 36.4 Å². The summed E-state index contributed by atoms with van der Waals surface area (Å²) >= 11 is 1.78. The molecule has 1 amide bonds. The zero-order valence-electron chi connectivity index (χ0n) is 13.8. The fourth-order valence-electron chi connectivity index (χ4n) is 3.53. The van der Waals surface area contributed by atoms with E-state index in [0.29, 0.717) is 11.8 Å². The minimum absolute atomic E-state index is 0.314. The Kier molecular flexibility index (Phi) is 3.76. The Hall–Kier alpha value is -1.62. The first-order valence-electron chi connectivity index (χ1n) is 8.53. The lowest BCUT2D eigenvalue weighted by Gasteiger charge is -2.38. The van der Waals surface area contributed by atoms with Crippen LogP contribution in [-0.4, -0.2) is 42.0 Å². The molecule has 4 rings (SSSR count). The van der Waals surface area contributed by atoms with Crippen molar-refractivity contribution in [2.75, 3.05) is 31.1 Å². The van der Waals surface area contributed by atoms with Crippen LogP contribution in [0.3, 0.4) is 0 Å². The van der Waals surface area contributed by atoms with Crippen LogP contribution in [0.15, 0.2) is 12.1 Å². The summed E-state index contributed by atoms with van der Waals surface area (Å²) in [5.41, 5.74) is 3.68. The summed E-state index contributed by atoms with van der Waals surface area (Å²) in [5, 5.41) is 1.10. The van der Waals surface area contributed by atoms with E-state index < -0.39 is 0 Å². The van der Waals surface area contributed by atoms with Gasteiger partial charge in [-0.05, 0) is 43.9 Å². The summed E-state index contributed by atoms with van der Waals surface area (Å²) < 4.78 is 1.29. The van der Waals surface area contributed by atoms with Gasteiger partial charge in [-0.15, -0.1) is 0 Å². The number of aryl methyl sites for hydroxylation is 2. The lowest BCUT2D eigenvalue weighted by Crippen LogP contribution is -2.51. The maximum Gasteiger partial charge on any atom is 0.225 e. The Morgan fingerprint density at radius 3 is 2.57 bits per heavy atom. The first-order chi connectivity index (χ1) is 11.1. The number of hydrogen-bond acceptors (Lipinski definition) is 4. The molecule has 0 bridgehead atoms. The highest BCUT2D eigenvalue weighted by atomic mass is 32.1. The molecule has 1 aliphatic carbocycles. The quantitative estimate of drug-likeness (QED) is 0.848. The number of aromatic nitrogens is 1. The maximum atomic E-state index is 12.3. The van der Waals surface area contributed by atoms with Crippen LogP contribution in [0.1, 0.15) is 30.4 Å². The highest BCUT2D eigenvalue weighted by molar-refractivity contribution is 7.22. The normalized spacial score (nSPS) is 19.2. The van der Waals surface area contributed by atoms with Gasteiger partial charge in [0.2, 0.25) is 5.91 Å². The summed E-state index contributed by atoms with van der Waals surface area (Å²) in [6.07, 6.45) is 3.41. The molecule has 23 heavy (non-hydrogen) atoms. The van der Waals surface area contributed by atoms with E-state index in [9.17, 15) is 4.79 Å². The summed E-state index contributed by atoms with van der Waals surface area (Å²) in [6.45, 7) is 7.75. The number of amides is 1. The number of thiazole rings is 1. The van der Waals surface area contributed by atoms with Crippen molar-refractivity contribution in [2.24, 2.45) is 5.92 Å². The van der Waals surface area contributed by atoms with Gasteiger partial charge in [0.05, 0.1) is 10.2 Å². The summed E-state index contributed by atoms with van der Waals surface area (Å²) in [4.78, 5) is 21.6. The number of carbonyl (C=O) groups is 1.